The molecule has 0 amide bonds. The Kier molecular flexibility index (Phi) is 6.27. The maximum atomic E-state index is 10.3. The zero-order chi connectivity index (χ0) is 11.8. The van der Waals surface area contributed by atoms with Crippen LogP contribution in [0.2, 0.25) is 0 Å². The Morgan fingerprint density at radius 1 is 1.07 bits per heavy atom. The van der Waals surface area contributed by atoms with E-state index in [0.717, 1.165) is 11.3 Å². The fourth-order valence-electron chi connectivity index (χ4n) is 0.568. The number of carboxylic acid groups (broad SMARTS) is 2. The summed E-state index contributed by atoms with van der Waals surface area (Å²) in [7, 11) is 0. The van der Waals surface area contributed by atoms with Gasteiger partial charge in [0.1, 0.15) is 9.75 Å². The number of carboxylic acids is 2. The minimum atomic E-state index is -1.09. The van der Waals surface area contributed by atoms with Gasteiger partial charge in [0.05, 0.1) is 0 Å². The van der Waals surface area contributed by atoms with E-state index in [0.29, 0.717) is 13.1 Å². The van der Waals surface area contributed by atoms with Crippen LogP contribution < -0.4 is 11.5 Å². The molecule has 0 aliphatic rings. The lowest BCUT2D eigenvalue weighted by Crippen LogP contribution is -2.11. The summed E-state index contributed by atoms with van der Waals surface area (Å²) in [6.07, 6.45) is 0. The fraction of sp³-hybridized carbons (Fsp3) is 0.250. The van der Waals surface area contributed by atoms with Crippen molar-refractivity contribution in [3.8, 4) is 0 Å². The molecule has 1 aromatic rings. The molecule has 0 saturated carbocycles. The lowest BCUT2D eigenvalue weighted by molar-refractivity contribution is 0.0693. The Labute approximate surface area is 90.1 Å². The topological polar surface area (TPSA) is 127 Å². The monoisotopic (exact) mass is 232 g/mol. The zero-order valence-electron chi connectivity index (χ0n) is 7.84. The molecule has 7 heteroatoms. The lowest BCUT2D eigenvalue weighted by atomic mass is 10.4. The molecule has 0 atom stereocenters. The summed E-state index contributed by atoms with van der Waals surface area (Å²) in [6, 6.07) is 2.55. The quantitative estimate of drug-likeness (QED) is 0.583. The van der Waals surface area contributed by atoms with E-state index in [1.807, 2.05) is 0 Å². The third-order valence-electron chi connectivity index (χ3n) is 1.19. The van der Waals surface area contributed by atoms with Crippen LogP contribution in [0.4, 0.5) is 0 Å². The predicted molar refractivity (Wildman–Crippen MR) is 56.3 cm³/mol. The number of aromatic carboxylic acids is 2. The average molecular weight is 232 g/mol. The van der Waals surface area contributed by atoms with Gasteiger partial charge in [0.25, 0.3) is 0 Å². The highest BCUT2D eigenvalue weighted by Crippen LogP contribution is 2.15. The third-order valence-corrected chi connectivity index (χ3v) is 2.26. The molecule has 84 valence electrons. The van der Waals surface area contributed by atoms with E-state index in [1.54, 1.807) is 0 Å². The van der Waals surface area contributed by atoms with Gasteiger partial charge in [-0.2, -0.15) is 0 Å². The molecule has 6 nitrogen and oxygen atoms in total. The highest BCUT2D eigenvalue weighted by Gasteiger charge is 2.10. The zero-order valence-corrected chi connectivity index (χ0v) is 8.66. The Morgan fingerprint density at radius 2 is 1.40 bits per heavy atom. The van der Waals surface area contributed by atoms with Crippen LogP contribution in [0.3, 0.4) is 0 Å². The molecular weight excluding hydrogens is 220 g/mol. The number of thiophene rings is 1. The Hall–Kier alpha value is -1.44. The van der Waals surface area contributed by atoms with Crippen molar-refractivity contribution in [1.29, 1.82) is 0 Å². The van der Waals surface area contributed by atoms with E-state index in [1.165, 1.54) is 12.1 Å². The number of carbonyl (C=O) groups is 2. The molecule has 0 radical (unpaired) electrons. The molecule has 0 saturated heterocycles. The molecule has 1 aromatic heterocycles. The smallest absolute Gasteiger partial charge is 0.345 e. The maximum Gasteiger partial charge on any atom is 0.345 e. The van der Waals surface area contributed by atoms with E-state index in [2.05, 4.69) is 0 Å². The van der Waals surface area contributed by atoms with Crippen molar-refractivity contribution < 1.29 is 19.8 Å². The normalized spacial score (nSPS) is 8.93. The van der Waals surface area contributed by atoms with Gasteiger partial charge >= 0.3 is 11.9 Å². The van der Waals surface area contributed by atoms with E-state index in [-0.39, 0.29) is 9.75 Å². The van der Waals surface area contributed by atoms with Gasteiger partial charge in [-0.25, -0.2) is 9.59 Å². The van der Waals surface area contributed by atoms with Gasteiger partial charge in [-0.15, -0.1) is 11.3 Å². The first-order valence-electron chi connectivity index (χ1n) is 3.99. The summed E-state index contributed by atoms with van der Waals surface area (Å²) >= 11 is 0.750. The van der Waals surface area contributed by atoms with Crippen molar-refractivity contribution in [1.82, 2.24) is 0 Å². The number of rotatable bonds is 3. The molecule has 1 heterocycles. The van der Waals surface area contributed by atoms with Gasteiger partial charge in [0.15, 0.2) is 0 Å². The summed E-state index contributed by atoms with van der Waals surface area (Å²) in [5, 5.41) is 16.8. The van der Waals surface area contributed by atoms with Crippen molar-refractivity contribution >= 4 is 23.3 Å². The molecule has 0 spiro atoms. The Morgan fingerprint density at radius 3 is 1.53 bits per heavy atom. The van der Waals surface area contributed by atoms with E-state index >= 15 is 0 Å². The highest BCUT2D eigenvalue weighted by molar-refractivity contribution is 7.15. The number of hydrogen-bond donors (Lipinski definition) is 4. The van der Waals surface area contributed by atoms with Crippen LogP contribution in [-0.2, 0) is 0 Å². The molecule has 0 aliphatic heterocycles. The van der Waals surface area contributed by atoms with Crippen molar-refractivity contribution in [2.24, 2.45) is 11.5 Å². The van der Waals surface area contributed by atoms with Crippen LogP contribution in [0, 0.1) is 0 Å². The van der Waals surface area contributed by atoms with E-state index in [9.17, 15) is 9.59 Å². The molecule has 0 fully saturated rings. The average Bonchev–Trinajstić information content (AvgIpc) is 2.67. The first kappa shape index (κ1) is 13.6. The maximum absolute atomic E-state index is 10.3. The fourth-order valence-corrected chi connectivity index (χ4v) is 1.25. The Bertz CT molecular complexity index is 307. The molecule has 0 aliphatic carbocycles. The summed E-state index contributed by atoms with van der Waals surface area (Å²) < 4.78 is 0. The van der Waals surface area contributed by atoms with Crippen molar-refractivity contribution in [2.75, 3.05) is 13.1 Å². The minimum Gasteiger partial charge on any atom is -0.477 e. The molecule has 15 heavy (non-hydrogen) atoms. The van der Waals surface area contributed by atoms with Crippen LogP contribution in [0.5, 0.6) is 0 Å². The number of nitrogens with two attached hydrogens (primary N) is 2. The van der Waals surface area contributed by atoms with Crippen LogP contribution in [0.1, 0.15) is 19.3 Å². The van der Waals surface area contributed by atoms with Gasteiger partial charge in [-0.05, 0) is 12.1 Å². The predicted octanol–water partition coefficient (Wildman–Crippen LogP) is 0.0483. The van der Waals surface area contributed by atoms with Gasteiger partial charge in [-0.1, -0.05) is 0 Å². The van der Waals surface area contributed by atoms with E-state index < -0.39 is 11.9 Å². The van der Waals surface area contributed by atoms with Crippen LogP contribution in [-0.4, -0.2) is 35.2 Å². The van der Waals surface area contributed by atoms with Crippen LogP contribution >= 0.6 is 11.3 Å². The van der Waals surface area contributed by atoms with Gasteiger partial charge in [0.2, 0.25) is 0 Å². The summed E-state index contributed by atoms with van der Waals surface area (Å²) in [6.45, 7) is 1.19. The highest BCUT2D eigenvalue weighted by atomic mass is 32.1. The molecule has 0 unspecified atom stereocenters. The summed E-state index contributed by atoms with van der Waals surface area (Å²) in [5.41, 5.74) is 9.81. The molecule has 0 aromatic carbocycles. The third kappa shape index (κ3) is 5.11. The Balaban J connectivity index is 0.000000423. The standard InChI is InChI=1S/C6H4O4S.C2H8N2/c7-5(8)3-1-2-4(11-3)6(9)10;3-1-2-4/h1-2H,(H,7,8)(H,9,10);1-4H2. The van der Waals surface area contributed by atoms with Crippen LogP contribution in [0.25, 0.3) is 0 Å². The molecular formula is C8H12N2O4S. The van der Waals surface area contributed by atoms with Crippen molar-refractivity contribution in [2.45, 2.75) is 0 Å². The number of hydrogen-bond acceptors (Lipinski definition) is 5. The van der Waals surface area contributed by atoms with Crippen molar-refractivity contribution in [3.05, 3.63) is 21.9 Å². The second-order valence-electron chi connectivity index (χ2n) is 2.35. The molecule has 6 N–H and O–H groups in total. The lowest BCUT2D eigenvalue weighted by Gasteiger charge is -1.82. The minimum absolute atomic E-state index is 0.0439. The molecule has 0 bridgehead atoms. The summed E-state index contributed by atoms with van der Waals surface area (Å²) in [5.74, 6) is -2.19. The molecule has 1 rings (SSSR count). The van der Waals surface area contributed by atoms with Crippen molar-refractivity contribution in [3.63, 3.8) is 0 Å². The van der Waals surface area contributed by atoms with Gasteiger partial charge in [0, 0.05) is 13.1 Å². The van der Waals surface area contributed by atoms with Gasteiger partial charge < -0.3 is 21.7 Å². The largest absolute Gasteiger partial charge is 0.477 e. The first-order chi connectivity index (χ1) is 7.02. The van der Waals surface area contributed by atoms with Crippen LogP contribution in [0.15, 0.2) is 12.1 Å². The summed E-state index contributed by atoms with van der Waals surface area (Å²) in [4.78, 5) is 20.6. The second kappa shape index (κ2) is 6.93. The SMILES string of the molecule is NCCN.O=C(O)c1ccc(C(=O)O)s1. The van der Waals surface area contributed by atoms with E-state index in [4.69, 9.17) is 21.7 Å². The van der Waals surface area contributed by atoms with Gasteiger partial charge in [-0.3, -0.25) is 0 Å². The first-order valence-corrected chi connectivity index (χ1v) is 4.81. The second-order valence-corrected chi connectivity index (χ2v) is 3.44.